The highest BCUT2D eigenvalue weighted by atomic mass is 32.1. The fraction of sp³-hybridized carbons (Fsp3) is 0.174. The Balaban J connectivity index is 1.68. The standard InChI is InChI=1S/C23H18F3NO6S/c1-2-31-22(30)17-12-18(14-7-4-3-5-8-14)34-20(17)27-19(28)13-32-21(29)15-9-6-10-16(11-15)33-23(24,25)26/h3-12H,2,13H2,1H3,(H,27,28). The summed E-state index contributed by atoms with van der Waals surface area (Å²) in [5, 5.41) is 2.72. The molecule has 1 amide bonds. The number of amides is 1. The SMILES string of the molecule is CCOC(=O)c1cc(-c2ccccc2)sc1NC(=O)COC(=O)c1cccc(OC(F)(F)F)c1. The van der Waals surface area contributed by atoms with Gasteiger partial charge in [0.25, 0.3) is 5.91 Å². The third-order valence-corrected chi connectivity index (χ3v) is 5.28. The fourth-order valence-corrected chi connectivity index (χ4v) is 3.85. The number of anilines is 1. The Kier molecular flexibility index (Phi) is 7.90. The zero-order valence-electron chi connectivity index (χ0n) is 17.7. The highest BCUT2D eigenvalue weighted by Gasteiger charge is 2.31. The van der Waals surface area contributed by atoms with Crippen molar-refractivity contribution in [2.45, 2.75) is 13.3 Å². The number of hydrogen-bond acceptors (Lipinski definition) is 7. The van der Waals surface area contributed by atoms with Crippen molar-refractivity contribution in [2.24, 2.45) is 0 Å². The molecule has 3 aromatic rings. The van der Waals surface area contributed by atoms with Crippen molar-refractivity contribution < 1.29 is 41.8 Å². The van der Waals surface area contributed by atoms with Crippen LogP contribution in [0.5, 0.6) is 5.75 Å². The number of hydrogen-bond donors (Lipinski definition) is 1. The molecule has 0 aliphatic rings. The minimum absolute atomic E-state index is 0.136. The van der Waals surface area contributed by atoms with E-state index < -0.39 is 36.6 Å². The number of ether oxygens (including phenoxy) is 3. The molecule has 0 fully saturated rings. The monoisotopic (exact) mass is 493 g/mol. The lowest BCUT2D eigenvalue weighted by Crippen LogP contribution is -2.22. The number of esters is 2. The van der Waals surface area contributed by atoms with Gasteiger partial charge in [-0.05, 0) is 36.8 Å². The number of benzene rings is 2. The van der Waals surface area contributed by atoms with Crippen molar-refractivity contribution in [1.29, 1.82) is 0 Å². The Morgan fingerprint density at radius 1 is 0.941 bits per heavy atom. The first-order chi connectivity index (χ1) is 16.2. The third kappa shape index (κ3) is 6.82. The summed E-state index contributed by atoms with van der Waals surface area (Å²) in [5.41, 5.74) is 0.734. The van der Waals surface area contributed by atoms with Crippen molar-refractivity contribution in [1.82, 2.24) is 0 Å². The largest absolute Gasteiger partial charge is 0.573 e. The number of carbonyl (C=O) groups excluding carboxylic acids is 3. The normalized spacial score (nSPS) is 10.9. The smallest absolute Gasteiger partial charge is 0.462 e. The average molecular weight is 493 g/mol. The maximum absolute atomic E-state index is 12.4. The molecule has 0 aliphatic carbocycles. The van der Waals surface area contributed by atoms with E-state index in [4.69, 9.17) is 9.47 Å². The summed E-state index contributed by atoms with van der Waals surface area (Å²) in [7, 11) is 0. The van der Waals surface area contributed by atoms with Crippen LogP contribution in [0.1, 0.15) is 27.6 Å². The van der Waals surface area contributed by atoms with E-state index in [0.29, 0.717) is 4.88 Å². The summed E-state index contributed by atoms with van der Waals surface area (Å²) in [5.74, 6) is -3.00. The van der Waals surface area contributed by atoms with Gasteiger partial charge in [-0.25, -0.2) is 9.59 Å². The molecule has 1 heterocycles. The average Bonchev–Trinajstić information content (AvgIpc) is 3.21. The number of alkyl halides is 3. The summed E-state index contributed by atoms with van der Waals surface area (Å²) < 4.78 is 50.8. The molecule has 1 aromatic heterocycles. The molecule has 0 bridgehead atoms. The van der Waals surface area contributed by atoms with Crippen molar-refractivity contribution >= 4 is 34.2 Å². The van der Waals surface area contributed by atoms with E-state index in [1.807, 2.05) is 30.3 Å². The summed E-state index contributed by atoms with van der Waals surface area (Å²) in [4.78, 5) is 37.6. The van der Waals surface area contributed by atoms with Crippen LogP contribution in [0.3, 0.4) is 0 Å². The van der Waals surface area contributed by atoms with E-state index in [9.17, 15) is 27.6 Å². The Bertz CT molecular complexity index is 1180. The van der Waals surface area contributed by atoms with E-state index in [1.54, 1.807) is 13.0 Å². The van der Waals surface area contributed by atoms with Crippen LogP contribution in [0.25, 0.3) is 10.4 Å². The second-order valence-electron chi connectivity index (χ2n) is 6.64. The number of thiophene rings is 1. The van der Waals surface area contributed by atoms with Gasteiger partial charge in [0.1, 0.15) is 10.8 Å². The molecule has 0 spiro atoms. The van der Waals surface area contributed by atoms with Gasteiger partial charge in [-0.15, -0.1) is 24.5 Å². The van der Waals surface area contributed by atoms with Crippen LogP contribution in [0.4, 0.5) is 18.2 Å². The van der Waals surface area contributed by atoms with Gasteiger partial charge in [-0.3, -0.25) is 4.79 Å². The van der Waals surface area contributed by atoms with Crippen LogP contribution in [0.2, 0.25) is 0 Å². The molecular weight excluding hydrogens is 475 g/mol. The lowest BCUT2D eigenvalue weighted by Gasteiger charge is -2.10. The maximum atomic E-state index is 12.4. The molecule has 0 saturated carbocycles. The van der Waals surface area contributed by atoms with Gasteiger partial charge in [0.05, 0.1) is 17.7 Å². The highest BCUT2D eigenvalue weighted by Crippen LogP contribution is 2.36. The maximum Gasteiger partial charge on any atom is 0.573 e. The van der Waals surface area contributed by atoms with E-state index in [2.05, 4.69) is 10.1 Å². The first-order valence-corrected chi connectivity index (χ1v) is 10.7. The minimum Gasteiger partial charge on any atom is -0.462 e. The molecular formula is C23H18F3NO6S. The summed E-state index contributed by atoms with van der Waals surface area (Å²) in [6.07, 6.45) is -4.92. The second kappa shape index (κ2) is 10.8. The zero-order valence-corrected chi connectivity index (χ0v) is 18.5. The Labute approximate surface area is 196 Å². The van der Waals surface area contributed by atoms with Crippen LogP contribution in [0.15, 0.2) is 60.7 Å². The number of carbonyl (C=O) groups is 3. The molecule has 2 aromatic carbocycles. The molecule has 0 aliphatic heterocycles. The summed E-state index contributed by atoms with van der Waals surface area (Å²) >= 11 is 1.14. The lowest BCUT2D eigenvalue weighted by atomic mass is 10.1. The van der Waals surface area contributed by atoms with Crippen LogP contribution in [-0.4, -0.2) is 37.4 Å². The van der Waals surface area contributed by atoms with E-state index >= 15 is 0 Å². The predicted molar refractivity (Wildman–Crippen MR) is 118 cm³/mol. The van der Waals surface area contributed by atoms with Crippen LogP contribution in [-0.2, 0) is 14.3 Å². The fourth-order valence-electron chi connectivity index (χ4n) is 2.79. The predicted octanol–water partition coefficient (Wildman–Crippen LogP) is 5.29. The summed E-state index contributed by atoms with van der Waals surface area (Å²) in [6.45, 7) is 1.05. The summed E-state index contributed by atoms with van der Waals surface area (Å²) in [6, 6.07) is 15.0. The van der Waals surface area contributed by atoms with Gasteiger partial charge < -0.3 is 19.5 Å². The Morgan fingerprint density at radius 2 is 1.68 bits per heavy atom. The molecule has 3 rings (SSSR count). The zero-order chi connectivity index (χ0) is 24.7. The van der Waals surface area contributed by atoms with Crippen LogP contribution in [0, 0.1) is 0 Å². The van der Waals surface area contributed by atoms with Gasteiger partial charge in [0.2, 0.25) is 0 Å². The lowest BCUT2D eigenvalue weighted by molar-refractivity contribution is -0.274. The second-order valence-corrected chi connectivity index (χ2v) is 7.69. The van der Waals surface area contributed by atoms with E-state index in [-0.39, 0.29) is 22.7 Å². The number of halogens is 3. The molecule has 178 valence electrons. The van der Waals surface area contributed by atoms with Crippen molar-refractivity contribution in [3.05, 3.63) is 71.8 Å². The van der Waals surface area contributed by atoms with E-state index in [0.717, 1.165) is 29.0 Å². The Morgan fingerprint density at radius 3 is 2.35 bits per heavy atom. The molecule has 0 unspecified atom stereocenters. The highest BCUT2D eigenvalue weighted by molar-refractivity contribution is 7.20. The third-order valence-electron chi connectivity index (χ3n) is 4.18. The topological polar surface area (TPSA) is 90.9 Å². The Hall–Kier alpha value is -3.86. The van der Waals surface area contributed by atoms with Gasteiger partial charge in [0.15, 0.2) is 6.61 Å². The molecule has 34 heavy (non-hydrogen) atoms. The van der Waals surface area contributed by atoms with Gasteiger partial charge in [0, 0.05) is 4.88 Å². The van der Waals surface area contributed by atoms with Crippen molar-refractivity contribution in [3.8, 4) is 16.2 Å². The van der Waals surface area contributed by atoms with E-state index in [1.165, 1.54) is 12.1 Å². The first kappa shape index (κ1) is 24.8. The minimum atomic E-state index is -4.92. The first-order valence-electron chi connectivity index (χ1n) is 9.85. The quantitative estimate of drug-likeness (QED) is 0.429. The van der Waals surface area contributed by atoms with Crippen LogP contribution >= 0.6 is 11.3 Å². The van der Waals surface area contributed by atoms with Crippen LogP contribution < -0.4 is 10.1 Å². The molecule has 0 radical (unpaired) electrons. The molecule has 0 saturated heterocycles. The van der Waals surface area contributed by atoms with Crippen molar-refractivity contribution in [2.75, 3.05) is 18.5 Å². The molecule has 11 heteroatoms. The molecule has 0 atom stereocenters. The number of nitrogens with one attached hydrogen (secondary N) is 1. The van der Waals surface area contributed by atoms with Gasteiger partial charge >= 0.3 is 18.3 Å². The molecule has 1 N–H and O–H groups in total. The number of rotatable bonds is 8. The van der Waals surface area contributed by atoms with Crippen molar-refractivity contribution in [3.63, 3.8) is 0 Å². The molecule has 7 nitrogen and oxygen atoms in total. The van der Waals surface area contributed by atoms with Gasteiger partial charge in [-0.2, -0.15) is 0 Å². The van der Waals surface area contributed by atoms with Gasteiger partial charge in [-0.1, -0.05) is 36.4 Å².